The number of Topliss-reactive ketones (excluding diaryl/α,β-unsaturated/α-hetero) is 1. The smallest absolute Gasteiger partial charge is 0.315 e. The first-order valence-corrected chi connectivity index (χ1v) is 21.1. The lowest BCUT2D eigenvalue weighted by atomic mass is 9.83. The molecule has 1 aromatic rings. The van der Waals surface area contributed by atoms with E-state index in [-0.39, 0.29) is 56.1 Å². The number of nitrogens with one attached hydrogen (secondary N) is 4. The van der Waals surface area contributed by atoms with Gasteiger partial charge in [0, 0.05) is 43.5 Å². The van der Waals surface area contributed by atoms with E-state index in [4.69, 9.17) is 6.42 Å². The van der Waals surface area contributed by atoms with Crippen LogP contribution in [0.2, 0.25) is 0 Å². The Hall–Kier alpha value is -3.74. The van der Waals surface area contributed by atoms with Crippen LogP contribution in [-0.2, 0) is 35.7 Å². The second-order valence-electron chi connectivity index (χ2n) is 15.9. The molecule has 0 aromatic carbocycles. The summed E-state index contributed by atoms with van der Waals surface area (Å²) in [5, 5.41) is 13.0. The molecule has 0 spiro atoms. The highest BCUT2D eigenvalue weighted by Crippen LogP contribution is 2.43. The quantitative estimate of drug-likeness (QED) is 0.128. The van der Waals surface area contributed by atoms with Gasteiger partial charge in [-0.05, 0) is 66.7 Å². The van der Waals surface area contributed by atoms with Gasteiger partial charge in [0.25, 0.3) is 5.91 Å². The lowest BCUT2D eigenvalue weighted by molar-refractivity contribution is -0.144. The molecule has 4 N–H and O–H groups in total. The lowest BCUT2D eigenvalue weighted by Crippen LogP contribution is -2.61. The summed E-state index contributed by atoms with van der Waals surface area (Å²) in [5.74, 6) is -0.281. The fourth-order valence-electron chi connectivity index (χ4n) is 8.36. The first-order chi connectivity index (χ1) is 25.2. The maximum absolute atomic E-state index is 14.7. The number of likely N-dealkylation sites (tertiary alicyclic amines) is 1. The van der Waals surface area contributed by atoms with E-state index in [2.05, 4.69) is 33.8 Å². The van der Waals surface area contributed by atoms with E-state index in [1.165, 1.54) is 21.7 Å². The zero-order valence-corrected chi connectivity index (χ0v) is 32.7. The number of terminal acetylenes is 1. The van der Waals surface area contributed by atoms with Crippen LogP contribution < -0.4 is 21.3 Å². The van der Waals surface area contributed by atoms with Gasteiger partial charge in [0.15, 0.2) is 0 Å². The summed E-state index contributed by atoms with van der Waals surface area (Å²) in [6.45, 7) is 10.1. The third-order valence-electron chi connectivity index (χ3n) is 11.3. The molecule has 2 aliphatic carbocycles. The second kappa shape index (κ2) is 17.2. The average molecular weight is 771 g/mol. The largest absolute Gasteiger partial charge is 0.346 e. The maximum atomic E-state index is 14.7. The van der Waals surface area contributed by atoms with Gasteiger partial charge in [-0.1, -0.05) is 52.5 Å². The topological polar surface area (TPSA) is 174 Å². The van der Waals surface area contributed by atoms with Gasteiger partial charge in [0.05, 0.1) is 10.9 Å². The van der Waals surface area contributed by atoms with Gasteiger partial charge in [-0.15, -0.1) is 30.3 Å². The van der Waals surface area contributed by atoms with Crippen LogP contribution in [0.25, 0.3) is 0 Å². The number of amides is 5. The van der Waals surface area contributed by atoms with Gasteiger partial charge in [0.1, 0.15) is 12.1 Å². The van der Waals surface area contributed by atoms with E-state index in [1.807, 2.05) is 20.8 Å². The highest BCUT2D eigenvalue weighted by Gasteiger charge is 2.52. The van der Waals surface area contributed by atoms with Crippen molar-refractivity contribution in [2.45, 2.75) is 121 Å². The van der Waals surface area contributed by atoms with Gasteiger partial charge in [0.2, 0.25) is 27.6 Å². The Bertz CT molecular complexity index is 1710. The number of carbonyl (C=O) groups excluding carboxylic acids is 5. The molecule has 1 aromatic heterocycles. The number of rotatable bonds is 14. The summed E-state index contributed by atoms with van der Waals surface area (Å²) in [4.78, 5) is 71.2. The average Bonchev–Trinajstić information content (AvgIpc) is 3.90. The maximum Gasteiger partial charge on any atom is 0.315 e. The molecule has 15 heteroatoms. The molecule has 5 amide bonds. The van der Waals surface area contributed by atoms with Crippen LogP contribution in [0.1, 0.15) is 89.9 Å². The molecule has 1 unspecified atom stereocenters. The number of thiophene rings is 1. The minimum atomic E-state index is -3.69. The first kappa shape index (κ1) is 40.4. The summed E-state index contributed by atoms with van der Waals surface area (Å²) in [7, 11) is -3.69. The van der Waals surface area contributed by atoms with Crippen molar-refractivity contribution in [2.75, 3.05) is 19.6 Å². The Balaban J connectivity index is 1.35. The van der Waals surface area contributed by atoms with Crippen LogP contribution in [0.3, 0.4) is 0 Å². The van der Waals surface area contributed by atoms with Gasteiger partial charge >= 0.3 is 6.03 Å². The van der Waals surface area contributed by atoms with Crippen molar-refractivity contribution in [1.29, 1.82) is 0 Å². The number of fused-ring (bicyclic) bond motifs is 2. The molecule has 3 heterocycles. The van der Waals surface area contributed by atoms with E-state index in [0.29, 0.717) is 11.4 Å². The van der Waals surface area contributed by atoms with Crippen molar-refractivity contribution in [3.63, 3.8) is 0 Å². The molecule has 290 valence electrons. The third-order valence-corrected chi connectivity index (χ3v) is 14.3. The van der Waals surface area contributed by atoms with E-state index in [9.17, 15) is 32.4 Å². The van der Waals surface area contributed by atoms with Crippen molar-refractivity contribution >= 4 is 50.9 Å². The monoisotopic (exact) mass is 770 g/mol. The van der Waals surface area contributed by atoms with E-state index in [0.717, 1.165) is 56.2 Å². The molecule has 0 radical (unpaired) electrons. The van der Waals surface area contributed by atoms with Gasteiger partial charge < -0.3 is 26.2 Å². The van der Waals surface area contributed by atoms with Gasteiger partial charge in [-0.2, -0.15) is 4.31 Å². The van der Waals surface area contributed by atoms with Crippen LogP contribution in [0, 0.1) is 35.5 Å². The van der Waals surface area contributed by atoms with Crippen LogP contribution >= 0.6 is 11.3 Å². The number of nitrogens with zero attached hydrogens (tertiary/aromatic N) is 2. The Morgan fingerprint density at radius 3 is 2.45 bits per heavy atom. The number of urea groups is 1. The molecular formula is C38H54N6O7S2. The van der Waals surface area contributed by atoms with Crippen molar-refractivity contribution in [3.05, 3.63) is 29.0 Å². The lowest BCUT2D eigenvalue weighted by Gasteiger charge is -2.37. The molecule has 6 atom stereocenters. The van der Waals surface area contributed by atoms with Crippen LogP contribution in [0.5, 0.6) is 0 Å². The van der Waals surface area contributed by atoms with Crippen molar-refractivity contribution in [3.8, 4) is 12.3 Å². The minimum absolute atomic E-state index is 0.0611. The number of sulfonamides is 1. The zero-order valence-electron chi connectivity index (χ0n) is 31.0. The molecule has 0 bridgehead atoms. The molecule has 3 fully saturated rings. The molecule has 13 nitrogen and oxygen atoms in total. The summed E-state index contributed by atoms with van der Waals surface area (Å²) < 4.78 is 28.0. The van der Waals surface area contributed by atoms with E-state index in [1.54, 1.807) is 16.3 Å². The fourth-order valence-corrected chi connectivity index (χ4v) is 11.3. The predicted octanol–water partition coefficient (Wildman–Crippen LogP) is 3.31. The zero-order chi connectivity index (χ0) is 38.5. The highest BCUT2D eigenvalue weighted by atomic mass is 32.2. The van der Waals surface area contributed by atoms with E-state index >= 15 is 0 Å². The van der Waals surface area contributed by atoms with Crippen molar-refractivity contribution < 1.29 is 32.4 Å². The Labute approximate surface area is 317 Å². The third kappa shape index (κ3) is 9.15. The molecular weight excluding hydrogens is 717 g/mol. The standard InChI is InChI=1S/C38H54N6O7S2/c1-6-8-17-27(33(45)35(47)39-19-7-2)40-34(46)32-26-16-12-15-25(26)21-44(32)36(48)31(24-13-10-9-11-14-24)42-37(49)41-30(38(3,4)5)23-43-22-28-29(18-20-52-28)53(43,50)51/h1,7,18,20,24-27,30-32H,2,8-17,19,21-23H2,3-5H3,(H,39,47)(H,40,46)(H2,41,42,49)/t25-,26-,27?,30+,31-,32-/m0/s1. The second-order valence-corrected chi connectivity index (χ2v) is 18.8. The fraction of sp³-hybridized carbons (Fsp3) is 0.658. The minimum Gasteiger partial charge on any atom is -0.346 e. The van der Waals surface area contributed by atoms with Gasteiger partial charge in [-0.3, -0.25) is 19.2 Å². The SMILES string of the molecule is C#CCCC(NC(=O)[C@@H]1[C@H]2CCC[C@H]2CN1C(=O)[C@@H](NC(=O)N[C@H](CN1Cc2sccc2S1(=O)=O)C(C)(C)C)C1CCCCC1)C(=O)C(=O)NCC=C. The molecule has 53 heavy (non-hydrogen) atoms. The molecule has 4 aliphatic rings. The highest BCUT2D eigenvalue weighted by molar-refractivity contribution is 7.89. The number of carbonyl (C=O) groups is 5. The van der Waals surface area contributed by atoms with Crippen molar-refractivity contribution in [2.24, 2.45) is 23.2 Å². The van der Waals surface area contributed by atoms with Crippen LogP contribution in [-0.4, -0.2) is 91.0 Å². The number of hydrogen-bond acceptors (Lipinski definition) is 8. The number of ketones is 1. The Morgan fingerprint density at radius 1 is 1.06 bits per heavy atom. The summed E-state index contributed by atoms with van der Waals surface area (Å²) in [6.07, 6.45) is 13.9. The van der Waals surface area contributed by atoms with E-state index < -0.39 is 63.2 Å². The van der Waals surface area contributed by atoms with Crippen molar-refractivity contribution in [1.82, 2.24) is 30.5 Å². The molecule has 2 saturated carbocycles. The molecule has 1 saturated heterocycles. The normalized spacial score (nSPS) is 24.2. The Morgan fingerprint density at radius 2 is 1.79 bits per heavy atom. The van der Waals surface area contributed by atoms with Crippen LogP contribution in [0.4, 0.5) is 4.79 Å². The number of hydrogen-bond donors (Lipinski definition) is 4. The molecule has 2 aliphatic heterocycles. The Kier molecular flexibility index (Phi) is 13.1. The molecule has 5 rings (SSSR count). The first-order valence-electron chi connectivity index (χ1n) is 18.8. The summed E-state index contributed by atoms with van der Waals surface area (Å²) >= 11 is 1.39. The summed E-state index contributed by atoms with van der Waals surface area (Å²) in [5.41, 5.74) is -0.529. The predicted molar refractivity (Wildman–Crippen MR) is 202 cm³/mol. The van der Waals surface area contributed by atoms with Crippen LogP contribution in [0.15, 0.2) is 29.0 Å². The van der Waals surface area contributed by atoms with Gasteiger partial charge in [-0.25, -0.2) is 13.2 Å². The summed E-state index contributed by atoms with van der Waals surface area (Å²) in [6, 6.07) is -2.52.